The quantitative estimate of drug-likeness (QED) is 0.785. The molecular weight excluding hydrogens is 321 g/mol. The molecule has 3 N–H and O–H groups in total. The summed E-state index contributed by atoms with van der Waals surface area (Å²) < 4.78 is 12.9. The third-order valence-electron chi connectivity index (χ3n) is 3.50. The molecule has 0 fully saturated rings. The molecule has 0 saturated heterocycles. The third kappa shape index (κ3) is 4.28. The third-order valence-corrected chi connectivity index (χ3v) is 3.85. The standard InChI is InChI=1S/C17H17ClFNO3/c1-10(15(21)11-6-8-12(19)9-7-11)20-17(23)16(22)13-4-2-3-5-14(13)18/h2-10,15-16,21-22H,1H3,(H,20,23)/t10?,15?,16-/m1/s1. The first-order chi connectivity index (χ1) is 10.9. The van der Waals surface area contributed by atoms with Gasteiger partial charge in [-0.15, -0.1) is 0 Å². The van der Waals surface area contributed by atoms with E-state index in [1.807, 2.05) is 0 Å². The Labute approximate surface area is 138 Å². The summed E-state index contributed by atoms with van der Waals surface area (Å²) >= 11 is 5.95. The zero-order chi connectivity index (χ0) is 17.0. The Balaban J connectivity index is 2.04. The molecule has 0 aliphatic rings. The van der Waals surface area contributed by atoms with Crippen molar-refractivity contribution in [3.05, 3.63) is 70.5 Å². The number of hydrogen-bond donors (Lipinski definition) is 3. The smallest absolute Gasteiger partial charge is 0.253 e. The minimum Gasteiger partial charge on any atom is -0.386 e. The average molecular weight is 338 g/mol. The van der Waals surface area contributed by atoms with Gasteiger partial charge in [-0.1, -0.05) is 41.9 Å². The van der Waals surface area contributed by atoms with Crippen molar-refractivity contribution in [3.8, 4) is 0 Å². The van der Waals surface area contributed by atoms with Crippen molar-refractivity contribution < 1.29 is 19.4 Å². The minimum atomic E-state index is -1.44. The molecule has 4 nitrogen and oxygen atoms in total. The van der Waals surface area contributed by atoms with E-state index in [1.54, 1.807) is 31.2 Å². The maximum absolute atomic E-state index is 12.9. The molecule has 0 saturated carbocycles. The van der Waals surface area contributed by atoms with E-state index in [1.165, 1.54) is 24.3 Å². The summed E-state index contributed by atoms with van der Waals surface area (Å²) in [6.45, 7) is 1.59. The molecule has 1 amide bonds. The van der Waals surface area contributed by atoms with Crippen molar-refractivity contribution in [1.82, 2.24) is 5.32 Å². The molecule has 0 aromatic heterocycles. The summed E-state index contributed by atoms with van der Waals surface area (Å²) in [5.74, 6) is -1.08. The Hall–Kier alpha value is -1.95. The second-order valence-corrected chi connectivity index (χ2v) is 5.62. The van der Waals surface area contributed by atoms with Gasteiger partial charge in [0, 0.05) is 10.6 Å². The maximum atomic E-state index is 12.9. The van der Waals surface area contributed by atoms with E-state index in [0.717, 1.165) is 0 Å². The van der Waals surface area contributed by atoms with E-state index >= 15 is 0 Å². The molecule has 0 aliphatic heterocycles. The van der Waals surface area contributed by atoms with Gasteiger partial charge < -0.3 is 15.5 Å². The highest BCUT2D eigenvalue weighted by molar-refractivity contribution is 6.31. The highest BCUT2D eigenvalue weighted by Gasteiger charge is 2.24. The Morgan fingerprint density at radius 2 is 1.74 bits per heavy atom. The number of carbonyl (C=O) groups is 1. The molecule has 0 heterocycles. The maximum Gasteiger partial charge on any atom is 0.253 e. The highest BCUT2D eigenvalue weighted by Crippen LogP contribution is 2.23. The summed E-state index contributed by atoms with van der Waals surface area (Å²) in [7, 11) is 0. The van der Waals surface area contributed by atoms with Crippen LogP contribution in [0, 0.1) is 5.82 Å². The number of carbonyl (C=O) groups excluding carboxylic acids is 1. The number of aliphatic hydroxyl groups excluding tert-OH is 2. The number of amides is 1. The average Bonchev–Trinajstić information content (AvgIpc) is 2.54. The SMILES string of the molecule is CC(NC(=O)[C@H](O)c1ccccc1Cl)C(O)c1ccc(F)cc1. The van der Waals surface area contributed by atoms with E-state index in [-0.39, 0.29) is 10.6 Å². The lowest BCUT2D eigenvalue weighted by atomic mass is 10.0. The molecule has 122 valence electrons. The largest absolute Gasteiger partial charge is 0.386 e. The van der Waals surface area contributed by atoms with E-state index in [9.17, 15) is 19.4 Å². The number of halogens is 2. The first kappa shape index (κ1) is 17.4. The van der Waals surface area contributed by atoms with Crippen LogP contribution in [0.2, 0.25) is 5.02 Å². The molecule has 2 aromatic rings. The van der Waals surface area contributed by atoms with Crippen LogP contribution in [0.3, 0.4) is 0 Å². The van der Waals surface area contributed by atoms with Crippen molar-refractivity contribution in [2.75, 3.05) is 0 Å². The van der Waals surface area contributed by atoms with E-state index < -0.39 is 30.0 Å². The summed E-state index contributed by atoms with van der Waals surface area (Å²) in [4.78, 5) is 12.1. The molecule has 0 spiro atoms. The van der Waals surface area contributed by atoms with Crippen LogP contribution in [-0.4, -0.2) is 22.2 Å². The molecule has 0 radical (unpaired) electrons. The molecule has 6 heteroatoms. The lowest BCUT2D eigenvalue weighted by Gasteiger charge is -2.22. The van der Waals surface area contributed by atoms with E-state index in [0.29, 0.717) is 5.56 Å². The summed E-state index contributed by atoms with van der Waals surface area (Å²) in [5.41, 5.74) is 0.751. The van der Waals surface area contributed by atoms with E-state index in [2.05, 4.69) is 5.32 Å². The predicted octanol–water partition coefficient (Wildman–Crippen LogP) is 2.75. The molecule has 2 aromatic carbocycles. The van der Waals surface area contributed by atoms with Gasteiger partial charge in [0.1, 0.15) is 5.82 Å². The van der Waals surface area contributed by atoms with Crippen LogP contribution < -0.4 is 5.32 Å². The molecule has 23 heavy (non-hydrogen) atoms. The van der Waals surface area contributed by atoms with Crippen LogP contribution in [0.5, 0.6) is 0 Å². The van der Waals surface area contributed by atoms with Crippen molar-refractivity contribution in [2.45, 2.75) is 25.2 Å². The molecular formula is C17H17ClFNO3. The highest BCUT2D eigenvalue weighted by atomic mass is 35.5. The van der Waals surface area contributed by atoms with Gasteiger partial charge in [0.15, 0.2) is 6.10 Å². The fraction of sp³-hybridized carbons (Fsp3) is 0.235. The van der Waals surface area contributed by atoms with Gasteiger partial charge >= 0.3 is 0 Å². The van der Waals surface area contributed by atoms with E-state index in [4.69, 9.17) is 11.6 Å². The Morgan fingerprint density at radius 1 is 1.13 bits per heavy atom. The van der Waals surface area contributed by atoms with Crippen LogP contribution in [0.4, 0.5) is 4.39 Å². The number of rotatable bonds is 5. The van der Waals surface area contributed by atoms with Crippen molar-refractivity contribution in [1.29, 1.82) is 0 Å². The lowest BCUT2D eigenvalue weighted by Crippen LogP contribution is -2.40. The fourth-order valence-corrected chi connectivity index (χ4v) is 2.41. The predicted molar refractivity (Wildman–Crippen MR) is 85.4 cm³/mol. The van der Waals surface area contributed by atoms with Crippen molar-refractivity contribution in [3.63, 3.8) is 0 Å². The number of benzene rings is 2. The van der Waals surface area contributed by atoms with Crippen molar-refractivity contribution >= 4 is 17.5 Å². The second-order valence-electron chi connectivity index (χ2n) is 5.22. The van der Waals surface area contributed by atoms with Gasteiger partial charge in [0.2, 0.25) is 0 Å². The first-order valence-electron chi connectivity index (χ1n) is 7.06. The molecule has 2 rings (SSSR count). The van der Waals surface area contributed by atoms with Gasteiger partial charge in [-0.05, 0) is 30.7 Å². The Morgan fingerprint density at radius 3 is 2.35 bits per heavy atom. The summed E-state index contributed by atoms with van der Waals surface area (Å²) in [5, 5.41) is 23.1. The fourth-order valence-electron chi connectivity index (χ4n) is 2.17. The number of hydrogen-bond acceptors (Lipinski definition) is 3. The Kier molecular flexibility index (Phi) is 5.71. The number of aliphatic hydroxyl groups is 2. The summed E-state index contributed by atoms with van der Waals surface area (Å²) in [6.07, 6.45) is -2.47. The first-order valence-corrected chi connectivity index (χ1v) is 7.44. The van der Waals surface area contributed by atoms with Gasteiger partial charge in [0.25, 0.3) is 5.91 Å². The lowest BCUT2D eigenvalue weighted by molar-refractivity contribution is -0.131. The molecule has 2 unspecified atom stereocenters. The molecule has 3 atom stereocenters. The Bertz CT molecular complexity index is 678. The second kappa shape index (κ2) is 7.55. The molecule has 0 aliphatic carbocycles. The zero-order valence-corrected chi connectivity index (χ0v) is 13.2. The van der Waals surface area contributed by atoms with Gasteiger partial charge in [-0.2, -0.15) is 0 Å². The normalized spacial score (nSPS) is 14.8. The van der Waals surface area contributed by atoms with Crippen LogP contribution in [0.25, 0.3) is 0 Å². The summed E-state index contributed by atoms with van der Waals surface area (Å²) in [6, 6.07) is 11.1. The zero-order valence-electron chi connectivity index (χ0n) is 12.4. The van der Waals surface area contributed by atoms with Crippen LogP contribution >= 0.6 is 11.6 Å². The van der Waals surface area contributed by atoms with Crippen LogP contribution in [0.15, 0.2) is 48.5 Å². The molecule has 0 bridgehead atoms. The topological polar surface area (TPSA) is 69.6 Å². The van der Waals surface area contributed by atoms with Crippen molar-refractivity contribution in [2.24, 2.45) is 0 Å². The number of nitrogens with one attached hydrogen (secondary N) is 1. The van der Waals surface area contributed by atoms with Crippen LogP contribution in [0.1, 0.15) is 30.3 Å². The monoisotopic (exact) mass is 337 g/mol. The minimum absolute atomic E-state index is 0.280. The van der Waals surface area contributed by atoms with Gasteiger partial charge in [0.05, 0.1) is 12.1 Å². The van der Waals surface area contributed by atoms with Gasteiger partial charge in [-0.25, -0.2) is 4.39 Å². The van der Waals surface area contributed by atoms with Crippen LogP contribution in [-0.2, 0) is 4.79 Å². The van der Waals surface area contributed by atoms with Gasteiger partial charge in [-0.3, -0.25) is 4.79 Å².